The zero-order valence-electron chi connectivity index (χ0n) is 16.8. The van der Waals surface area contributed by atoms with Gasteiger partial charge in [-0.25, -0.2) is 4.79 Å². The van der Waals surface area contributed by atoms with E-state index in [1.165, 1.54) is 0 Å². The summed E-state index contributed by atoms with van der Waals surface area (Å²) in [5.41, 5.74) is 1.16. The summed E-state index contributed by atoms with van der Waals surface area (Å²) < 4.78 is 5.89. The average Bonchev–Trinajstić information content (AvgIpc) is 2.52. The molecule has 150 valence electrons. The summed E-state index contributed by atoms with van der Waals surface area (Å²) in [6, 6.07) is 7.92. The van der Waals surface area contributed by atoms with Gasteiger partial charge in [-0.1, -0.05) is 52.3 Å². The first-order valence-electron chi connectivity index (χ1n) is 9.65. The molecule has 1 aliphatic rings. The average molecular weight is 393 g/mol. The lowest BCUT2D eigenvalue weighted by Gasteiger charge is -2.46. The molecular formula is C21H32N2O3S. The van der Waals surface area contributed by atoms with Crippen LogP contribution in [0.1, 0.15) is 58.9 Å². The summed E-state index contributed by atoms with van der Waals surface area (Å²) in [5, 5.41) is 15.4. The van der Waals surface area contributed by atoms with Crippen LogP contribution in [0.3, 0.4) is 0 Å². The molecule has 27 heavy (non-hydrogen) atoms. The van der Waals surface area contributed by atoms with Gasteiger partial charge in [-0.05, 0) is 60.4 Å². The first-order chi connectivity index (χ1) is 12.6. The number of carboxylic acid groups (broad SMARTS) is 1. The normalized spacial score (nSPS) is 24.1. The van der Waals surface area contributed by atoms with Gasteiger partial charge in [-0.2, -0.15) is 0 Å². The minimum absolute atomic E-state index is 0.0437. The van der Waals surface area contributed by atoms with Gasteiger partial charge < -0.3 is 20.5 Å². The summed E-state index contributed by atoms with van der Waals surface area (Å²) in [5.74, 6) is 0.802. The van der Waals surface area contributed by atoms with Crippen LogP contribution in [0, 0.1) is 10.8 Å². The Kier molecular flexibility index (Phi) is 7.09. The second-order valence-corrected chi connectivity index (χ2v) is 9.18. The fraction of sp³-hybridized carbons (Fsp3) is 0.619. The number of nitrogens with one attached hydrogen (secondary N) is 2. The van der Waals surface area contributed by atoms with Gasteiger partial charge in [0.15, 0.2) is 0 Å². The highest BCUT2D eigenvalue weighted by molar-refractivity contribution is 7.80. The van der Waals surface area contributed by atoms with Gasteiger partial charge in [-0.3, -0.25) is 0 Å². The second kappa shape index (κ2) is 8.91. The maximum absolute atomic E-state index is 11.1. The van der Waals surface area contributed by atoms with Gasteiger partial charge in [-0.15, -0.1) is 0 Å². The molecule has 1 saturated carbocycles. The molecule has 1 fully saturated rings. The maximum atomic E-state index is 11.1. The van der Waals surface area contributed by atoms with E-state index in [0.29, 0.717) is 11.7 Å². The van der Waals surface area contributed by atoms with E-state index in [0.717, 1.165) is 43.4 Å². The van der Waals surface area contributed by atoms with Crippen LogP contribution in [0.15, 0.2) is 24.3 Å². The van der Waals surface area contributed by atoms with E-state index in [9.17, 15) is 4.79 Å². The monoisotopic (exact) mass is 392 g/mol. The largest absolute Gasteiger partial charge is 0.465 e. The van der Waals surface area contributed by atoms with Crippen molar-refractivity contribution in [2.24, 2.45) is 10.8 Å². The van der Waals surface area contributed by atoms with E-state index in [-0.39, 0.29) is 16.9 Å². The topological polar surface area (TPSA) is 70.6 Å². The van der Waals surface area contributed by atoms with Crippen LogP contribution >= 0.6 is 12.2 Å². The van der Waals surface area contributed by atoms with Crippen LogP contribution in [-0.2, 0) is 6.42 Å². The molecule has 2 atom stereocenters. The molecule has 1 aromatic carbocycles. The molecule has 0 heterocycles. The van der Waals surface area contributed by atoms with Crippen molar-refractivity contribution in [3.63, 3.8) is 0 Å². The summed E-state index contributed by atoms with van der Waals surface area (Å²) in [6.07, 6.45) is 3.67. The van der Waals surface area contributed by atoms with E-state index >= 15 is 0 Å². The van der Waals surface area contributed by atoms with Crippen LogP contribution < -0.4 is 15.4 Å². The van der Waals surface area contributed by atoms with Crippen molar-refractivity contribution >= 4 is 23.5 Å². The van der Waals surface area contributed by atoms with Gasteiger partial charge in [0.05, 0.1) is 0 Å². The molecule has 2 unspecified atom stereocenters. The zero-order chi connectivity index (χ0) is 20.1. The van der Waals surface area contributed by atoms with Gasteiger partial charge in [0.2, 0.25) is 0 Å². The van der Waals surface area contributed by atoms with Gasteiger partial charge in [0, 0.05) is 12.6 Å². The minimum atomic E-state index is -0.959. The number of hydrogen-bond acceptors (Lipinski definition) is 3. The zero-order valence-corrected chi connectivity index (χ0v) is 17.6. The molecule has 5 nitrogen and oxygen atoms in total. The van der Waals surface area contributed by atoms with Crippen molar-refractivity contribution in [2.75, 3.05) is 6.54 Å². The number of carbonyl (C=O) groups is 1. The van der Waals surface area contributed by atoms with Gasteiger partial charge >= 0.3 is 6.09 Å². The summed E-state index contributed by atoms with van der Waals surface area (Å²) in [6.45, 7) is 9.36. The van der Waals surface area contributed by atoms with Crippen LogP contribution in [0.4, 0.5) is 4.79 Å². The van der Waals surface area contributed by atoms with E-state index in [2.05, 4.69) is 44.4 Å². The Hall–Kier alpha value is -1.82. The first kappa shape index (κ1) is 21.5. The predicted octanol–water partition coefficient (Wildman–Crippen LogP) is 4.75. The Morgan fingerprint density at radius 1 is 1.30 bits per heavy atom. The molecule has 1 amide bonds. The van der Waals surface area contributed by atoms with E-state index in [1.807, 2.05) is 18.2 Å². The Labute approximate surface area is 167 Å². The number of hydrogen-bond donors (Lipinski definition) is 3. The molecular weight excluding hydrogens is 360 g/mol. The Balaban J connectivity index is 1.97. The van der Waals surface area contributed by atoms with Gasteiger partial charge in [0.1, 0.15) is 5.75 Å². The van der Waals surface area contributed by atoms with Crippen LogP contribution in [0.5, 0.6) is 5.75 Å². The lowest BCUT2D eigenvalue weighted by atomic mass is 9.62. The SMILES string of the molecule is CCCc1ccccc1OC(=S)NCC1(C)CC(NC(=O)O)CC(C)(C)C1. The molecule has 0 aromatic heterocycles. The molecule has 6 heteroatoms. The van der Waals surface area contributed by atoms with Crippen LogP contribution in [-0.4, -0.2) is 29.0 Å². The smallest absolute Gasteiger partial charge is 0.404 e. The third-order valence-corrected chi connectivity index (χ3v) is 5.35. The fourth-order valence-corrected chi connectivity index (χ4v) is 4.71. The fourth-order valence-electron chi connectivity index (χ4n) is 4.55. The number of aryl methyl sites for hydroxylation is 1. The standard InChI is InChI=1S/C21H32N2O3S/c1-5-8-15-9-6-7-10-17(15)26-19(27)22-14-21(4)12-16(23-18(24)25)11-20(2,3)13-21/h6-7,9-10,16,23H,5,8,11-14H2,1-4H3,(H,22,27)(H,24,25). The Morgan fingerprint density at radius 3 is 2.67 bits per heavy atom. The minimum Gasteiger partial charge on any atom is -0.465 e. The molecule has 1 aliphatic carbocycles. The van der Waals surface area contributed by atoms with Crippen molar-refractivity contribution < 1.29 is 14.6 Å². The second-order valence-electron chi connectivity index (χ2n) is 8.81. The molecule has 0 aliphatic heterocycles. The number of benzene rings is 1. The lowest BCUT2D eigenvalue weighted by Crippen LogP contribution is -2.50. The quantitative estimate of drug-likeness (QED) is 0.610. The van der Waals surface area contributed by atoms with E-state index in [4.69, 9.17) is 22.1 Å². The van der Waals surface area contributed by atoms with Crippen molar-refractivity contribution in [1.29, 1.82) is 0 Å². The number of thiocarbonyl (C=S) groups is 1. The molecule has 0 saturated heterocycles. The number of ether oxygens (including phenoxy) is 1. The lowest BCUT2D eigenvalue weighted by molar-refractivity contribution is 0.0726. The van der Waals surface area contributed by atoms with E-state index < -0.39 is 6.09 Å². The number of para-hydroxylation sites is 1. The summed E-state index contributed by atoms with van der Waals surface area (Å²) in [4.78, 5) is 11.1. The van der Waals surface area contributed by atoms with Crippen molar-refractivity contribution in [2.45, 2.75) is 65.8 Å². The third kappa shape index (κ3) is 6.69. The molecule has 0 bridgehead atoms. The highest BCUT2D eigenvalue weighted by Gasteiger charge is 2.41. The van der Waals surface area contributed by atoms with Gasteiger partial charge in [0.25, 0.3) is 5.17 Å². The summed E-state index contributed by atoms with van der Waals surface area (Å²) in [7, 11) is 0. The van der Waals surface area contributed by atoms with Crippen molar-refractivity contribution in [3.8, 4) is 5.75 Å². The Morgan fingerprint density at radius 2 is 2.00 bits per heavy atom. The first-order valence-corrected chi connectivity index (χ1v) is 10.1. The van der Waals surface area contributed by atoms with Crippen molar-refractivity contribution in [3.05, 3.63) is 29.8 Å². The number of amides is 1. The highest BCUT2D eigenvalue weighted by atomic mass is 32.1. The Bertz CT molecular complexity index is 677. The summed E-state index contributed by atoms with van der Waals surface area (Å²) >= 11 is 5.41. The molecule has 3 N–H and O–H groups in total. The van der Waals surface area contributed by atoms with Crippen LogP contribution in [0.25, 0.3) is 0 Å². The molecule has 1 aromatic rings. The number of rotatable bonds is 6. The molecule has 0 spiro atoms. The maximum Gasteiger partial charge on any atom is 0.404 e. The predicted molar refractivity (Wildman–Crippen MR) is 112 cm³/mol. The van der Waals surface area contributed by atoms with Crippen molar-refractivity contribution in [1.82, 2.24) is 10.6 Å². The molecule has 0 radical (unpaired) electrons. The molecule has 2 rings (SSSR count). The highest BCUT2D eigenvalue weighted by Crippen LogP contribution is 2.45. The van der Waals surface area contributed by atoms with Crippen LogP contribution in [0.2, 0.25) is 0 Å². The third-order valence-electron chi connectivity index (χ3n) is 5.13. The van der Waals surface area contributed by atoms with E-state index in [1.54, 1.807) is 0 Å².